The fourth-order valence-electron chi connectivity index (χ4n) is 3.10. The zero-order valence-electron chi connectivity index (χ0n) is 12.3. The Morgan fingerprint density at radius 2 is 1.95 bits per heavy atom. The Labute approximate surface area is 121 Å². The summed E-state index contributed by atoms with van der Waals surface area (Å²) in [7, 11) is 0. The first-order chi connectivity index (χ1) is 9.83. The van der Waals surface area contributed by atoms with Crippen LogP contribution in [-0.4, -0.2) is 6.54 Å². The maximum Gasteiger partial charge on any atom is 0.121 e. The fourth-order valence-corrected chi connectivity index (χ4v) is 3.10. The van der Waals surface area contributed by atoms with Gasteiger partial charge in [-0.2, -0.15) is 0 Å². The molecule has 3 rings (SSSR count). The summed E-state index contributed by atoms with van der Waals surface area (Å²) < 4.78 is 5.97. The maximum absolute atomic E-state index is 5.97. The van der Waals surface area contributed by atoms with Crippen LogP contribution in [0.25, 0.3) is 0 Å². The summed E-state index contributed by atoms with van der Waals surface area (Å²) in [6.45, 7) is 5.27. The fraction of sp³-hybridized carbons (Fsp3) is 0.444. The van der Waals surface area contributed by atoms with Crippen LogP contribution in [0.4, 0.5) is 0 Å². The van der Waals surface area contributed by atoms with Crippen LogP contribution < -0.4 is 5.32 Å². The van der Waals surface area contributed by atoms with Crippen LogP contribution in [0.1, 0.15) is 49.3 Å². The van der Waals surface area contributed by atoms with Crippen molar-refractivity contribution < 1.29 is 4.42 Å². The van der Waals surface area contributed by atoms with Crippen molar-refractivity contribution in [3.63, 3.8) is 0 Å². The lowest BCUT2D eigenvalue weighted by molar-refractivity contribution is 0.370. The van der Waals surface area contributed by atoms with E-state index in [4.69, 9.17) is 4.42 Å². The van der Waals surface area contributed by atoms with Gasteiger partial charge in [0.15, 0.2) is 0 Å². The van der Waals surface area contributed by atoms with Crippen molar-refractivity contribution >= 4 is 0 Å². The third-order valence-corrected chi connectivity index (χ3v) is 4.26. The summed E-state index contributed by atoms with van der Waals surface area (Å²) in [5.74, 6) is 3.52. The molecule has 2 aromatic rings. The second kappa shape index (κ2) is 5.84. The van der Waals surface area contributed by atoms with Crippen molar-refractivity contribution in [1.29, 1.82) is 0 Å². The van der Waals surface area contributed by atoms with Gasteiger partial charge in [0.25, 0.3) is 0 Å². The van der Waals surface area contributed by atoms with Gasteiger partial charge in [0, 0.05) is 6.42 Å². The number of hydrogen-bond acceptors (Lipinski definition) is 2. The van der Waals surface area contributed by atoms with E-state index in [1.807, 2.05) is 0 Å². The molecule has 1 aliphatic carbocycles. The Hall–Kier alpha value is -1.54. The topological polar surface area (TPSA) is 25.2 Å². The number of furan rings is 1. The molecule has 0 saturated heterocycles. The predicted octanol–water partition coefficient (Wildman–Crippen LogP) is 4.30. The van der Waals surface area contributed by atoms with E-state index in [1.165, 1.54) is 12.0 Å². The summed E-state index contributed by atoms with van der Waals surface area (Å²) in [6.07, 6.45) is 2.22. The minimum atomic E-state index is 0.352. The quantitative estimate of drug-likeness (QED) is 0.846. The third kappa shape index (κ3) is 2.66. The molecule has 1 heterocycles. The largest absolute Gasteiger partial charge is 0.464 e. The molecular formula is C18H23NO. The lowest BCUT2D eigenvalue weighted by Crippen LogP contribution is -2.22. The van der Waals surface area contributed by atoms with Crippen molar-refractivity contribution in [3.05, 3.63) is 59.5 Å². The molecule has 0 aliphatic heterocycles. The molecule has 2 heteroatoms. The smallest absolute Gasteiger partial charge is 0.121 e. The number of rotatable bonds is 6. The van der Waals surface area contributed by atoms with E-state index in [2.05, 4.69) is 61.6 Å². The highest BCUT2D eigenvalue weighted by molar-refractivity contribution is 5.28. The predicted molar refractivity (Wildman–Crippen MR) is 81.8 cm³/mol. The van der Waals surface area contributed by atoms with E-state index in [1.54, 1.807) is 0 Å². The standard InChI is InChI=1S/C18H23NO/c1-3-14-10-11-17(20-14)18(19-4-2)16-12-15(16)13-8-6-5-7-9-13/h5-11,15-16,18-19H,3-4,12H2,1-2H3. The van der Waals surface area contributed by atoms with Gasteiger partial charge >= 0.3 is 0 Å². The average Bonchev–Trinajstić information content (AvgIpc) is 3.14. The van der Waals surface area contributed by atoms with Crippen molar-refractivity contribution in [2.45, 2.75) is 38.6 Å². The van der Waals surface area contributed by atoms with Crippen LogP contribution in [-0.2, 0) is 6.42 Å². The van der Waals surface area contributed by atoms with Crippen molar-refractivity contribution in [1.82, 2.24) is 5.32 Å². The van der Waals surface area contributed by atoms with Crippen LogP contribution in [0.5, 0.6) is 0 Å². The van der Waals surface area contributed by atoms with Crippen LogP contribution >= 0.6 is 0 Å². The molecule has 3 unspecified atom stereocenters. The van der Waals surface area contributed by atoms with Gasteiger partial charge in [-0.15, -0.1) is 0 Å². The van der Waals surface area contributed by atoms with Crippen LogP contribution in [0.15, 0.2) is 46.9 Å². The summed E-state index contributed by atoms with van der Waals surface area (Å²) in [5, 5.41) is 3.60. The molecular weight excluding hydrogens is 246 g/mol. The monoisotopic (exact) mass is 269 g/mol. The van der Waals surface area contributed by atoms with Crippen molar-refractivity contribution in [2.75, 3.05) is 6.54 Å². The normalized spacial score (nSPS) is 22.7. The van der Waals surface area contributed by atoms with Crippen LogP contribution in [0, 0.1) is 5.92 Å². The first-order valence-corrected chi connectivity index (χ1v) is 7.70. The lowest BCUT2D eigenvalue weighted by Gasteiger charge is -2.15. The number of aryl methyl sites for hydroxylation is 1. The van der Waals surface area contributed by atoms with Gasteiger partial charge in [0.05, 0.1) is 6.04 Å². The number of hydrogen-bond donors (Lipinski definition) is 1. The number of nitrogens with one attached hydrogen (secondary N) is 1. The maximum atomic E-state index is 5.97. The molecule has 0 spiro atoms. The van der Waals surface area contributed by atoms with Gasteiger partial charge in [-0.05, 0) is 42.5 Å². The summed E-state index contributed by atoms with van der Waals surface area (Å²) >= 11 is 0. The Morgan fingerprint density at radius 1 is 1.15 bits per heavy atom. The molecule has 1 aromatic carbocycles. The third-order valence-electron chi connectivity index (χ3n) is 4.26. The second-order valence-electron chi connectivity index (χ2n) is 5.61. The Balaban J connectivity index is 1.76. The molecule has 0 amide bonds. The zero-order chi connectivity index (χ0) is 13.9. The van der Waals surface area contributed by atoms with Gasteiger partial charge in [0.1, 0.15) is 11.5 Å². The highest BCUT2D eigenvalue weighted by Gasteiger charge is 2.45. The van der Waals surface area contributed by atoms with E-state index in [9.17, 15) is 0 Å². The molecule has 1 N–H and O–H groups in total. The van der Waals surface area contributed by atoms with Crippen LogP contribution in [0.3, 0.4) is 0 Å². The Kier molecular flexibility index (Phi) is 3.93. The van der Waals surface area contributed by atoms with Crippen molar-refractivity contribution in [3.8, 4) is 0 Å². The van der Waals surface area contributed by atoms with E-state index < -0.39 is 0 Å². The van der Waals surface area contributed by atoms with Gasteiger partial charge in [0.2, 0.25) is 0 Å². The van der Waals surface area contributed by atoms with Gasteiger partial charge in [-0.1, -0.05) is 44.2 Å². The molecule has 0 radical (unpaired) electrons. The molecule has 1 fully saturated rings. The van der Waals surface area contributed by atoms with Crippen LogP contribution in [0.2, 0.25) is 0 Å². The molecule has 3 atom stereocenters. The highest BCUT2D eigenvalue weighted by Crippen LogP contribution is 2.54. The molecule has 1 saturated carbocycles. The van der Waals surface area contributed by atoms with E-state index in [0.29, 0.717) is 17.9 Å². The molecule has 2 nitrogen and oxygen atoms in total. The van der Waals surface area contributed by atoms with Gasteiger partial charge in [-0.25, -0.2) is 0 Å². The minimum absolute atomic E-state index is 0.352. The molecule has 1 aromatic heterocycles. The molecule has 106 valence electrons. The summed E-state index contributed by atoms with van der Waals surface area (Å²) in [4.78, 5) is 0. The van der Waals surface area contributed by atoms with E-state index >= 15 is 0 Å². The summed E-state index contributed by atoms with van der Waals surface area (Å²) in [5.41, 5.74) is 1.46. The minimum Gasteiger partial charge on any atom is -0.464 e. The molecule has 20 heavy (non-hydrogen) atoms. The second-order valence-corrected chi connectivity index (χ2v) is 5.61. The number of benzene rings is 1. The van der Waals surface area contributed by atoms with E-state index in [0.717, 1.165) is 24.5 Å². The Bertz CT molecular complexity index is 546. The first-order valence-electron chi connectivity index (χ1n) is 7.70. The summed E-state index contributed by atoms with van der Waals surface area (Å²) in [6, 6.07) is 15.4. The molecule has 1 aliphatic rings. The van der Waals surface area contributed by atoms with Gasteiger partial charge < -0.3 is 9.73 Å². The first kappa shape index (κ1) is 13.4. The molecule has 0 bridgehead atoms. The average molecular weight is 269 g/mol. The Morgan fingerprint density at radius 3 is 2.60 bits per heavy atom. The van der Waals surface area contributed by atoms with Gasteiger partial charge in [-0.3, -0.25) is 0 Å². The van der Waals surface area contributed by atoms with E-state index in [-0.39, 0.29) is 0 Å². The SMILES string of the molecule is CCNC(c1ccc(CC)o1)C1CC1c1ccccc1. The zero-order valence-corrected chi connectivity index (χ0v) is 12.3. The lowest BCUT2D eigenvalue weighted by atomic mass is 10.0. The highest BCUT2D eigenvalue weighted by atomic mass is 16.3. The van der Waals surface area contributed by atoms with Crippen molar-refractivity contribution in [2.24, 2.45) is 5.92 Å².